The van der Waals surface area contributed by atoms with Crippen LogP contribution < -0.4 is 4.90 Å². The fourth-order valence-corrected chi connectivity index (χ4v) is 2.54. The van der Waals surface area contributed by atoms with E-state index in [9.17, 15) is 14.9 Å². The number of benzene rings is 1. The van der Waals surface area contributed by atoms with Crippen LogP contribution in [-0.4, -0.2) is 35.5 Å². The first-order chi connectivity index (χ1) is 9.58. The zero-order valence-corrected chi connectivity index (χ0v) is 11.8. The SMILES string of the molecule is CCN(CC)C(=O)N1CCCc2ccc([N+](=O)[O-])cc21. The molecule has 0 spiro atoms. The van der Waals surface area contributed by atoms with Gasteiger partial charge in [-0.1, -0.05) is 6.07 Å². The Morgan fingerprint density at radius 1 is 1.40 bits per heavy atom. The lowest BCUT2D eigenvalue weighted by Gasteiger charge is -2.33. The van der Waals surface area contributed by atoms with Gasteiger partial charge in [-0.2, -0.15) is 0 Å². The lowest BCUT2D eigenvalue weighted by molar-refractivity contribution is -0.384. The normalized spacial score (nSPS) is 13.8. The highest BCUT2D eigenvalue weighted by Gasteiger charge is 2.27. The summed E-state index contributed by atoms with van der Waals surface area (Å²) in [6.07, 6.45) is 1.74. The molecule has 2 rings (SSSR count). The summed E-state index contributed by atoms with van der Waals surface area (Å²) in [4.78, 5) is 26.4. The first kappa shape index (κ1) is 14.3. The summed E-state index contributed by atoms with van der Waals surface area (Å²) in [6.45, 7) is 5.75. The van der Waals surface area contributed by atoms with Gasteiger partial charge in [0.2, 0.25) is 0 Å². The standard InChI is InChI=1S/C14H19N3O3/c1-3-15(4-2)14(18)16-9-5-6-11-7-8-12(17(19)20)10-13(11)16/h7-8,10H,3-6,9H2,1-2H3. The highest BCUT2D eigenvalue weighted by atomic mass is 16.6. The summed E-state index contributed by atoms with van der Waals surface area (Å²) in [6, 6.07) is 4.70. The van der Waals surface area contributed by atoms with E-state index in [2.05, 4.69) is 0 Å². The third-order valence-corrected chi connectivity index (χ3v) is 3.66. The highest BCUT2D eigenvalue weighted by Crippen LogP contribution is 2.31. The van der Waals surface area contributed by atoms with E-state index in [-0.39, 0.29) is 11.7 Å². The molecular weight excluding hydrogens is 258 g/mol. The largest absolute Gasteiger partial charge is 0.325 e. The number of nitrogens with zero attached hydrogens (tertiary/aromatic N) is 3. The van der Waals surface area contributed by atoms with E-state index in [0.717, 1.165) is 18.4 Å². The fraction of sp³-hybridized carbons (Fsp3) is 0.500. The van der Waals surface area contributed by atoms with E-state index in [1.807, 2.05) is 13.8 Å². The first-order valence-corrected chi connectivity index (χ1v) is 6.92. The van der Waals surface area contributed by atoms with Crippen molar-refractivity contribution in [3.05, 3.63) is 33.9 Å². The predicted molar refractivity (Wildman–Crippen MR) is 77.1 cm³/mol. The third-order valence-electron chi connectivity index (χ3n) is 3.66. The number of fused-ring (bicyclic) bond motifs is 1. The number of aryl methyl sites for hydroxylation is 1. The second kappa shape index (κ2) is 5.90. The molecule has 0 aliphatic carbocycles. The molecule has 0 saturated heterocycles. The Labute approximate surface area is 118 Å². The zero-order valence-electron chi connectivity index (χ0n) is 11.8. The number of rotatable bonds is 3. The predicted octanol–water partition coefficient (Wildman–Crippen LogP) is 2.81. The molecule has 1 heterocycles. The van der Waals surface area contributed by atoms with Crippen LogP contribution in [0.4, 0.5) is 16.2 Å². The first-order valence-electron chi connectivity index (χ1n) is 6.92. The van der Waals surface area contributed by atoms with Gasteiger partial charge in [0.15, 0.2) is 0 Å². The molecule has 0 radical (unpaired) electrons. The van der Waals surface area contributed by atoms with Gasteiger partial charge in [0.25, 0.3) is 5.69 Å². The van der Waals surface area contributed by atoms with E-state index in [4.69, 9.17) is 0 Å². The Balaban J connectivity index is 2.37. The van der Waals surface area contributed by atoms with Crippen LogP contribution >= 0.6 is 0 Å². The number of nitro benzene ring substituents is 1. The van der Waals surface area contributed by atoms with Crippen LogP contribution in [0.2, 0.25) is 0 Å². The fourth-order valence-electron chi connectivity index (χ4n) is 2.54. The van der Waals surface area contributed by atoms with Crippen LogP contribution in [0, 0.1) is 10.1 Å². The average Bonchev–Trinajstić information content (AvgIpc) is 2.47. The van der Waals surface area contributed by atoms with Crippen LogP contribution in [0.5, 0.6) is 0 Å². The van der Waals surface area contributed by atoms with Crippen molar-refractivity contribution in [3.8, 4) is 0 Å². The van der Waals surface area contributed by atoms with Gasteiger partial charge >= 0.3 is 6.03 Å². The Kier molecular flexibility index (Phi) is 4.22. The molecule has 1 aliphatic heterocycles. The van der Waals surface area contributed by atoms with Gasteiger partial charge in [-0.05, 0) is 32.3 Å². The zero-order chi connectivity index (χ0) is 14.7. The molecule has 20 heavy (non-hydrogen) atoms. The van der Waals surface area contributed by atoms with Crippen molar-refractivity contribution in [2.24, 2.45) is 0 Å². The van der Waals surface area contributed by atoms with Gasteiger partial charge in [0.05, 0.1) is 10.6 Å². The second-order valence-corrected chi connectivity index (χ2v) is 4.78. The number of carbonyl (C=O) groups is 1. The monoisotopic (exact) mass is 277 g/mol. The van der Waals surface area contributed by atoms with Gasteiger partial charge < -0.3 is 4.90 Å². The van der Waals surface area contributed by atoms with Crippen molar-refractivity contribution in [1.29, 1.82) is 0 Å². The number of non-ortho nitro benzene ring substituents is 1. The third kappa shape index (κ3) is 2.59. The molecule has 6 heteroatoms. The van der Waals surface area contributed by atoms with Crippen molar-refractivity contribution < 1.29 is 9.72 Å². The molecular formula is C14H19N3O3. The maximum Gasteiger partial charge on any atom is 0.324 e. The molecule has 1 aromatic carbocycles. The second-order valence-electron chi connectivity index (χ2n) is 4.78. The maximum absolute atomic E-state index is 12.5. The minimum Gasteiger partial charge on any atom is -0.325 e. The van der Waals surface area contributed by atoms with Crippen LogP contribution in [0.15, 0.2) is 18.2 Å². The Morgan fingerprint density at radius 2 is 2.10 bits per heavy atom. The lowest BCUT2D eigenvalue weighted by atomic mass is 10.0. The van der Waals surface area contributed by atoms with Gasteiger partial charge in [0, 0.05) is 31.8 Å². The summed E-state index contributed by atoms with van der Waals surface area (Å²) < 4.78 is 0. The lowest BCUT2D eigenvalue weighted by Crippen LogP contribution is -2.45. The smallest absolute Gasteiger partial charge is 0.324 e. The molecule has 1 aliphatic rings. The molecule has 6 nitrogen and oxygen atoms in total. The average molecular weight is 277 g/mol. The summed E-state index contributed by atoms with van der Waals surface area (Å²) in [5.41, 5.74) is 1.72. The Bertz CT molecular complexity index is 526. The van der Waals surface area contributed by atoms with Crippen molar-refractivity contribution in [1.82, 2.24) is 4.90 Å². The van der Waals surface area contributed by atoms with Crippen molar-refractivity contribution in [2.75, 3.05) is 24.5 Å². The Hall–Kier alpha value is -2.11. The molecule has 0 aromatic heterocycles. The minimum absolute atomic E-state index is 0.0306. The molecule has 0 saturated carbocycles. The van der Waals surface area contributed by atoms with Crippen molar-refractivity contribution in [2.45, 2.75) is 26.7 Å². The Morgan fingerprint density at radius 3 is 2.70 bits per heavy atom. The van der Waals surface area contributed by atoms with Gasteiger partial charge in [-0.3, -0.25) is 15.0 Å². The van der Waals surface area contributed by atoms with Gasteiger partial charge in [-0.25, -0.2) is 4.79 Å². The van der Waals surface area contributed by atoms with E-state index in [0.29, 0.717) is 25.3 Å². The number of urea groups is 1. The number of carbonyl (C=O) groups excluding carboxylic acids is 1. The van der Waals surface area contributed by atoms with Crippen LogP contribution in [0.1, 0.15) is 25.8 Å². The number of hydrogen-bond acceptors (Lipinski definition) is 3. The topological polar surface area (TPSA) is 66.7 Å². The van der Waals surface area contributed by atoms with E-state index in [1.165, 1.54) is 12.1 Å². The quantitative estimate of drug-likeness (QED) is 0.630. The molecule has 0 N–H and O–H groups in total. The van der Waals surface area contributed by atoms with Crippen molar-refractivity contribution >= 4 is 17.4 Å². The minimum atomic E-state index is -0.422. The van der Waals surface area contributed by atoms with E-state index >= 15 is 0 Å². The van der Waals surface area contributed by atoms with Crippen molar-refractivity contribution in [3.63, 3.8) is 0 Å². The van der Waals surface area contributed by atoms with Crippen LogP contribution in [0.25, 0.3) is 0 Å². The maximum atomic E-state index is 12.5. The molecule has 0 fully saturated rings. The molecule has 108 valence electrons. The summed E-state index contributed by atoms with van der Waals surface area (Å²) in [5.74, 6) is 0. The van der Waals surface area contributed by atoms with E-state index in [1.54, 1.807) is 15.9 Å². The molecule has 0 atom stereocenters. The number of anilines is 1. The van der Waals surface area contributed by atoms with E-state index < -0.39 is 4.92 Å². The summed E-state index contributed by atoms with van der Waals surface area (Å²) in [5, 5.41) is 10.9. The highest BCUT2D eigenvalue weighted by molar-refractivity contribution is 5.93. The van der Waals surface area contributed by atoms with Gasteiger partial charge in [0.1, 0.15) is 0 Å². The van der Waals surface area contributed by atoms with Gasteiger partial charge in [-0.15, -0.1) is 0 Å². The van der Waals surface area contributed by atoms with Crippen LogP contribution in [0.3, 0.4) is 0 Å². The molecule has 2 amide bonds. The number of nitro groups is 1. The molecule has 1 aromatic rings. The van der Waals surface area contributed by atoms with Crippen LogP contribution in [-0.2, 0) is 6.42 Å². The number of hydrogen-bond donors (Lipinski definition) is 0. The number of amides is 2. The molecule has 0 unspecified atom stereocenters. The molecule has 0 bridgehead atoms. The summed E-state index contributed by atoms with van der Waals surface area (Å²) in [7, 11) is 0. The summed E-state index contributed by atoms with van der Waals surface area (Å²) >= 11 is 0.